The normalized spacial score (nSPS) is 33.7. The van der Waals surface area contributed by atoms with E-state index in [1.807, 2.05) is 18.9 Å². The van der Waals surface area contributed by atoms with E-state index in [2.05, 4.69) is 13.8 Å². The van der Waals surface area contributed by atoms with Crippen LogP contribution in [0.15, 0.2) is 0 Å². The maximum atomic E-state index is 11.6. The molecule has 4 nitrogen and oxygen atoms in total. The standard InChI is InChI=1S/C10H19NO3/c1-7(2)8-11(4)10(3,6-14-8)9(12)13-5/h7-8H,6H2,1-5H3/t8-,10+/m1/s1. The van der Waals surface area contributed by atoms with E-state index in [0.717, 1.165) is 0 Å². The average molecular weight is 201 g/mol. The predicted octanol–water partition coefficient (Wildman–Crippen LogP) is 0.862. The van der Waals surface area contributed by atoms with Crippen LogP contribution in [0, 0.1) is 5.92 Å². The first-order chi connectivity index (χ1) is 6.43. The molecule has 4 heteroatoms. The highest BCUT2D eigenvalue weighted by atomic mass is 16.5. The molecule has 0 unspecified atom stereocenters. The molecule has 1 rings (SSSR count). The maximum Gasteiger partial charge on any atom is 0.328 e. The average Bonchev–Trinajstić information content (AvgIpc) is 2.44. The summed E-state index contributed by atoms with van der Waals surface area (Å²) in [6.45, 7) is 6.40. The summed E-state index contributed by atoms with van der Waals surface area (Å²) >= 11 is 0. The molecule has 0 aromatic carbocycles. The first kappa shape index (κ1) is 11.5. The smallest absolute Gasteiger partial charge is 0.328 e. The van der Waals surface area contributed by atoms with Crippen LogP contribution in [-0.2, 0) is 14.3 Å². The molecule has 1 heterocycles. The third-order valence-electron chi connectivity index (χ3n) is 2.89. The Morgan fingerprint density at radius 3 is 2.57 bits per heavy atom. The Hall–Kier alpha value is -0.610. The number of carbonyl (C=O) groups is 1. The minimum Gasteiger partial charge on any atom is -0.468 e. The summed E-state index contributed by atoms with van der Waals surface area (Å²) in [5.41, 5.74) is -0.635. The van der Waals surface area contributed by atoms with Gasteiger partial charge in [0.25, 0.3) is 0 Å². The van der Waals surface area contributed by atoms with E-state index >= 15 is 0 Å². The summed E-state index contributed by atoms with van der Waals surface area (Å²) in [4.78, 5) is 13.5. The lowest BCUT2D eigenvalue weighted by atomic mass is 10.0. The Labute approximate surface area is 85.2 Å². The van der Waals surface area contributed by atoms with Gasteiger partial charge in [-0.3, -0.25) is 4.90 Å². The molecule has 0 amide bonds. The van der Waals surface area contributed by atoms with Crippen molar-refractivity contribution >= 4 is 5.97 Å². The summed E-state index contributed by atoms with van der Waals surface area (Å²) in [7, 11) is 3.30. The molecule has 1 aliphatic heterocycles. The SMILES string of the molecule is COC(=O)[C@]1(C)CO[C@H](C(C)C)N1C. The molecule has 14 heavy (non-hydrogen) atoms. The van der Waals surface area contributed by atoms with Crippen molar-refractivity contribution in [1.29, 1.82) is 0 Å². The van der Waals surface area contributed by atoms with E-state index in [9.17, 15) is 4.79 Å². The highest BCUT2D eigenvalue weighted by Crippen LogP contribution is 2.30. The Balaban J connectivity index is 2.80. The number of hydrogen-bond acceptors (Lipinski definition) is 4. The number of carbonyl (C=O) groups excluding carboxylic acids is 1. The molecule has 1 saturated heterocycles. The molecule has 0 saturated carbocycles. The van der Waals surface area contributed by atoms with Crippen LogP contribution < -0.4 is 0 Å². The lowest BCUT2D eigenvalue weighted by molar-refractivity contribution is -0.151. The Morgan fingerprint density at radius 1 is 1.64 bits per heavy atom. The Kier molecular flexibility index (Phi) is 3.17. The number of esters is 1. The van der Waals surface area contributed by atoms with Gasteiger partial charge in [0.15, 0.2) is 0 Å². The molecule has 1 fully saturated rings. The molecule has 0 spiro atoms. The molecular weight excluding hydrogens is 182 g/mol. The van der Waals surface area contributed by atoms with Crippen molar-refractivity contribution in [2.24, 2.45) is 5.92 Å². The van der Waals surface area contributed by atoms with E-state index in [-0.39, 0.29) is 12.2 Å². The van der Waals surface area contributed by atoms with Crippen LogP contribution in [-0.4, -0.2) is 43.4 Å². The molecule has 2 atom stereocenters. The fourth-order valence-electron chi connectivity index (χ4n) is 1.80. The molecule has 82 valence electrons. The molecule has 0 aromatic heterocycles. The molecule has 0 bridgehead atoms. The lowest BCUT2D eigenvalue weighted by Crippen LogP contribution is -2.51. The van der Waals surface area contributed by atoms with Crippen molar-refractivity contribution in [2.45, 2.75) is 32.5 Å². The zero-order valence-corrected chi connectivity index (χ0v) is 9.53. The van der Waals surface area contributed by atoms with Gasteiger partial charge in [0.05, 0.1) is 13.7 Å². The third-order valence-corrected chi connectivity index (χ3v) is 2.89. The summed E-state index contributed by atoms with van der Waals surface area (Å²) in [6, 6.07) is 0. The van der Waals surface area contributed by atoms with Crippen LogP contribution in [0.25, 0.3) is 0 Å². The van der Waals surface area contributed by atoms with E-state index in [0.29, 0.717) is 12.5 Å². The molecule has 0 N–H and O–H groups in total. The Bertz CT molecular complexity index is 229. The van der Waals surface area contributed by atoms with Crippen molar-refractivity contribution in [2.75, 3.05) is 20.8 Å². The summed E-state index contributed by atoms with van der Waals surface area (Å²) in [6.07, 6.45) is -0.000833. The van der Waals surface area contributed by atoms with Crippen molar-refractivity contribution in [3.63, 3.8) is 0 Å². The van der Waals surface area contributed by atoms with Crippen LogP contribution in [0.5, 0.6) is 0 Å². The van der Waals surface area contributed by atoms with Gasteiger partial charge in [-0.05, 0) is 19.9 Å². The summed E-state index contributed by atoms with van der Waals surface area (Å²) < 4.78 is 10.4. The number of hydrogen-bond donors (Lipinski definition) is 0. The highest BCUT2D eigenvalue weighted by Gasteiger charge is 2.48. The van der Waals surface area contributed by atoms with Crippen molar-refractivity contribution < 1.29 is 14.3 Å². The summed E-state index contributed by atoms with van der Waals surface area (Å²) in [5, 5.41) is 0. The second-order valence-corrected chi connectivity index (χ2v) is 4.32. The number of nitrogens with zero attached hydrogens (tertiary/aromatic N) is 1. The number of methoxy groups -OCH3 is 1. The van der Waals surface area contributed by atoms with Crippen LogP contribution >= 0.6 is 0 Å². The quantitative estimate of drug-likeness (QED) is 0.621. The van der Waals surface area contributed by atoms with E-state index in [1.165, 1.54) is 7.11 Å². The second kappa shape index (κ2) is 3.87. The van der Waals surface area contributed by atoms with E-state index in [1.54, 1.807) is 0 Å². The van der Waals surface area contributed by atoms with Crippen LogP contribution in [0.3, 0.4) is 0 Å². The topological polar surface area (TPSA) is 38.8 Å². The van der Waals surface area contributed by atoms with Gasteiger partial charge in [-0.15, -0.1) is 0 Å². The summed E-state index contributed by atoms with van der Waals surface area (Å²) in [5.74, 6) is 0.134. The number of likely N-dealkylation sites (N-methyl/N-ethyl adjacent to an activating group) is 1. The van der Waals surface area contributed by atoms with E-state index in [4.69, 9.17) is 9.47 Å². The van der Waals surface area contributed by atoms with Gasteiger partial charge in [0.2, 0.25) is 0 Å². The molecule has 0 aromatic rings. The fourth-order valence-corrected chi connectivity index (χ4v) is 1.80. The minimum atomic E-state index is -0.635. The first-order valence-electron chi connectivity index (χ1n) is 4.86. The fraction of sp³-hybridized carbons (Fsp3) is 0.900. The zero-order chi connectivity index (χ0) is 10.9. The van der Waals surface area contributed by atoms with Crippen molar-refractivity contribution in [3.8, 4) is 0 Å². The van der Waals surface area contributed by atoms with Crippen molar-refractivity contribution in [1.82, 2.24) is 4.90 Å². The maximum absolute atomic E-state index is 11.6. The lowest BCUT2D eigenvalue weighted by Gasteiger charge is -2.31. The van der Waals surface area contributed by atoms with Gasteiger partial charge >= 0.3 is 5.97 Å². The van der Waals surface area contributed by atoms with Gasteiger partial charge in [0.1, 0.15) is 11.8 Å². The Morgan fingerprint density at radius 2 is 2.21 bits per heavy atom. The second-order valence-electron chi connectivity index (χ2n) is 4.32. The monoisotopic (exact) mass is 201 g/mol. The largest absolute Gasteiger partial charge is 0.468 e. The highest BCUT2D eigenvalue weighted by molar-refractivity contribution is 5.80. The molecule has 0 aliphatic carbocycles. The molecule has 1 aliphatic rings. The van der Waals surface area contributed by atoms with Gasteiger partial charge in [0, 0.05) is 0 Å². The van der Waals surface area contributed by atoms with Gasteiger partial charge in [-0.1, -0.05) is 13.8 Å². The minimum absolute atomic E-state index is 0.000833. The predicted molar refractivity (Wildman–Crippen MR) is 52.8 cm³/mol. The molecular formula is C10H19NO3. The molecule has 0 radical (unpaired) electrons. The van der Waals surface area contributed by atoms with Crippen LogP contribution in [0.2, 0.25) is 0 Å². The first-order valence-corrected chi connectivity index (χ1v) is 4.86. The third kappa shape index (κ3) is 1.64. The van der Waals surface area contributed by atoms with Crippen LogP contribution in [0.1, 0.15) is 20.8 Å². The van der Waals surface area contributed by atoms with Gasteiger partial charge < -0.3 is 9.47 Å². The van der Waals surface area contributed by atoms with Crippen molar-refractivity contribution in [3.05, 3.63) is 0 Å². The number of rotatable bonds is 2. The van der Waals surface area contributed by atoms with Gasteiger partial charge in [-0.2, -0.15) is 0 Å². The van der Waals surface area contributed by atoms with Crippen LogP contribution in [0.4, 0.5) is 0 Å². The zero-order valence-electron chi connectivity index (χ0n) is 9.53. The van der Waals surface area contributed by atoms with E-state index < -0.39 is 5.54 Å². The number of ether oxygens (including phenoxy) is 2. The van der Waals surface area contributed by atoms with Gasteiger partial charge in [-0.25, -0.2) is 4.79 Å².